The molecule has 2 heterocycles. The van der Waals surface area contributed by atoms with E-state index >= 15 is 0 Å². The summed E-state index contributed by atoms with van der Waals surface area (Å²) < 4.78 is 0. The molecule has 1 N–H and O–H groups in total. The average molecular weight is 442 g/mol. The Morgan fingerprint density at radius 3 is 2.63 bits per heavy atom. The molecule has 1 aliphatic heterocycles. The van der Waals surface area contributed by atoms with E-state index in [0.717, 1.165) is 21.7 Å². The summed E-state index contributed by atoms with van der Waals surface area (Å²) in [7, 11) is 0. The first kappa shape index (κ1) is 22.3. The first-order valence-electron chi connectivity index (χ1n) is 9.91. The van der Waals surface area contributed by atoms with Crippen LogP contribution in [0.2, 0.25) is 0 Å². The summed E-state index contributed by atoms with van der Waals surface area (Å²) in [6.45, 7) is 10.7. The Hall–Kier alpha value is -2.38. The highest BCUT2D eigenvalue weighted by Gasteiger charge is 2.31. The van der Waals surface area contributed by atoms with Crippen molar-refractivity contribution in [3.05, 3.63) is 56.9 Å². The van der Waals surface area contributed by atoms with Crippen LogP contribution in [0.25, 0.3) is 6.08 Å². The third-order valence-corrected chi connectivity index (χ3v) is 6.41. The number of hydrogen-bond donors (Lipinski definition) is 1. The molecule has 0 unspecified atom stereocenters. The monoisotopic (exact) mass is 441 g/mol. The van der Waals surface area contributed by atoms with Crippen molar-refractivity contribution in [3.63, 3.8) is 0 Å². The van der Waals surface area contributed by atoms with E-state index in [-0.39, 0.29) is 17.6 Å². The van der Waals surface area contributed by atoms with Crippen LogP contribution in [0.15, 0.2) is 41.0 Å². The van der Waals surface area contributed by atoms with Gasteiger partial charge >= 0.3 is 0 Å². The molecular weight excluding hydrogens is 414 g/mol. The Morgan fingerprint density at radius 1 is 1.23 bits per heavy atom. The third-order valence-electron chi connectivity index (χ3n) is 4.49. The van der Waals surface area contributed by atoms with Crippen molar-refractivity contribution in [3.8, 4) is 0 Å². The molecular formula is C23H27N3O2S2. The number of amides is 2. The number of aliphatic imine (C=N–C) groups is 1. The lowest BCUT2D eigenvalue weighted by Gasteiger charge is -2.19. The van der Waals surface area contributed by atoms with Gasteiger partial charge in [-0.1, -0.05) is 43.3 Å². The minimum Gasteiger partial charge on any atom is -0.325 e. The zero-order valence-corrected chi connectivity index (χ0v) is 19.6. The number of amidine groups is 1. The lowest BCUT2D eigenvalue weighted by Crippen LogP contribution is -2.34. The minimum atomic E-state index is -0.113. The maximum Gasteiger partial charge on any atom is 0.278 e. The van der Waals surface area contributed by atoms with Crippen LogP contribution in [-0.4, -0.2) is 34.2 Å². The van der Waals surface area contributed by atoms with E-state index in [4.69, 9.17) is 0 Å². The highest BCUT2D eigenvalue weighted by Crippen LogP contribution is 2.27. The SMILES string of the molecule is Cc1ccc(NC(=O)CSC2=N/C(=C/c3ccc(C)s3)C(=O)N2CC(C)C)c(C)c1. The van der Waals surface area contributed by atoms with E-state index in [1.807, 2.05) is 57.2 Å². The summed E-state index contributed by atoms with van der Waals surface area (Å²) in [5, 5.41) is 3.54. The fourth-order valence-electron chi connectivity index (χ4n) is 3.10. The molecule has 0 spiro atoms. The van der Waals surface area contributed by atoms with Crippen LogP contribution in [0.5, 0.6) is 0 Å². The Bertz CT molecular complexity index is 1020. The largest absolute Gasteiger partial charge is 0.325 e. The predicted molar refractivity (Wildman–Crippen MR) is 128 cm³/mol. The van der Waals surface area contributed by atoms with Gasteiger partial charge < -0.3 is 5.32 Å². The van der Waals surface area contributed by atoms with Gasteiger partial charge in [-0.25, -0.2) is 4.99 Å². The van der Waals surface area contributed by atoms with Crippen LogP contribution in [0.4, 0.5) is 5.69 Å². The van der Waals surface area contributed by atoms with E-state index in [1.165, 1.54) is 16.6 Å². The highest BCUT2D eigenvalue weighted by molar-refractivity contribution is 8.14. The van der Waals surface area contributed by atoms with Gasteiger partial charge in [-0.3, -0.25) is 14.5 Å². The predicted octanol–water partition coefficient (Wildman–Crippen LogP) is 5.24. The summed E-state index contributed by atoms with van der Waals surface area (Å²) in [6.07, 6.45) is 1.83. The van der Waals surface area contributed by atoms with Crippen LogP contribution < -0.4 is 5.32 Å². The summed E-state index contributed by atoms with van der Waals surface area (Å²) in [4.78, 5) is 33.8. The van der Waals surface area contributed by atoms with Crippen molar-refractivity contribution in [2.45, 2.75) is 34.6 Å². The van der Waals surface area contributed by atoms with Crippen LogP contribution in [0, 0.1) is 26.7 Å². The lowest BCUT2D eigenvalue weighted by molar-refractivity contribution is -0.122. The van der Waals surface area contributed by atoms with Crippen molar-refractivity contribution < 1.29 is 9.59 Å². The number of nitrogens with one attached hydrogen (secondary N) is 1. The lowest BCUT2D eigenvalue weighted by atomic mass is 10.1. The molecule has 1 aliphatic rings. The van der Waals surface area contributed by atoms with Crippen molar-refractivity contribution in [2.75, 3.05) is 17.6 Å². The van der Waals surface area contributed by atoms with Crippen LogP contribution in [0.1, 0.15) is 34.7 Å². The molecule has 1 aromatic heterocycles. The second-order valence-corrected chi connectivity index (χ2v) is 10.1. The molecule has 30 heavy (non-hydrogen) atoms. The van der Waals surface area contributed by atoms with Gasteiger partial charge in [0.25, 0.3) is 5.91 Å². The second kappa shape index (κ2) is 9.62. The van der Waals surface area contributed by atoms with Crippen molar-refractivity contribution in [2.24, 2.45) is 10.9 Å². The van der Waals surface area contributed by atoms with Crippen molar-refractivity contribution >= 4 is 51.8 Å². The van der Waals surface area contributed by atoms with Gasteiger partial charge in [0.1, 0.15) is 5.70 Å². The first-order chi connectivity index (χ1) is 14.2. The fourth-order valence-corrected chi connectivity index (χ4v) is 4.73. The molecule has 0 saturated heterocycles. The molecule has 7 heteroatoms. The van der Waals surface area contributed by atoms with Crippen LogP contribution in [0.3, 0.4) is 0 Å². The highest BCUT2D eigenvalue weighted by atomic mass is 32.2. The number of carbonyl (C=O) groups excluding carboxylic acids is 2. The van der Waals surface area contributed by atoms with E-state index in [0.29, 0.717) is 23.3 Å². The number of rotatable bonds is 6. The number of carbonyl (C=O) groups is 2. The maximum absolute atomic E-state index is 12.9. The van der Waals surface area contributed by atoms with Crippen molar-refractivity contribution in [1.82, 2.24) is 4.90 Å². The summed E-state index contributed by atoms with van der Waals surface area (Å²) in [5.41, 5.74) is 3.42. The maximum atomic E-state index is 12.9. The summed E-state index contributed by atoms with van der Waals surface area (Å²) in [6, 6.07) is 9.95. The standard InChI is InChI=1S/C23H27N3O2S2/c1-14(2)12-26-22(28)20(11-18-8-7-17(5)30-18)25-23(26)29-13-21(27)24-19-9-6-15(3)10-16(19)4/h6-11,14H,12-13H2,1-5H3,(H,24,27)/b20-11+. The van der Waals surface area contributed by atoms with E-state index in [2.05, 4.69) is 24.2 Å². The van der Waals surface area contributed by atoms with Gasteiger partial charge in [0.15, 0.2) is 5.17 Å². The van der Waals surface area contributed by atoms with Crippen molar-refractivity contribution in [1.29, 1.82) is 0 Å². The Kier molecular flexibility index (Phi) is 7.15. The second-order valence-electron chi connectivity index (χ2n) is 7.84. The number of benzene rings is 1. The average Bonchev–Trinajstić information content (AvgIpc) is 3.20. The molecule has 2 aromatic rings. The summed E-state index contributed by atoms with van der Waals surface area (Å²) in [5.74, 6) is 0.274. The van der Waals surface area contributed by atoms with E-state index < -0.39 is 0 Å². The molecule has 0 bridgehead atoms. The Labute approximate surface area is 186 Å². The molecule has 5 nitrogen and oxygen atoms in total. The smallest absolute Gasteiger partial charge is 0.278 e. The molecule has 0 fully saturated rings. The van der Waals surface area contributed by atoms with E-state index in [9.17, 15) is 9.59 Å². The molecule has 1 aromatic carbocycles. The topological polar surface area (TPSA) is 61.8 Å². The Morgan fingerprint density at radius 2 is 2.00 bits per heavy atom. The number of nitrogens with zero attached hydrogens (tertiary/aromatic N) is 2. The number of aryl methyl sites for hydroxylation is 3. The number of anilines is 1. The normalized spacial score (nSPS) is 15.3. The molecule has 0 radical (unpaired) electrons. The quantitative estimate of drug-likeness (QED) is 0.624. The van der Waals surface area contributed by atoms with Crippen LogP contribution >= 0.6 is 23.1 Å². The first-order valence-corrected chi connectivity index (χ1v) is 11.7. The third kappa shape index (κ3) is 5.61. The minimum absolute atomic E-state index is 0.105. The molecule has 3 rings (SSSR count). The van der Waals surface area contributed by atoms with Gasteiger partial charge in [0.05, 0.1) is 5.75 Å². The summed E-state index contributed by atoms with van der Waals surface area (Å²) >= 11 is 2.93. The Balaban J connectivity index is 1.72. The van der Waals surface area contributed by atoms with Gasteiger partial charge in [-0.15, -0.1) is 11.3 Å². The van der Waals surface area contributed by atoms with Gasteiger partial charge in [-0.05, 0) is 56.5 Å². The molecule has 2 amide bonds. The zero-order valence-electron chi connectivity index (χ0n) is 18.0. The zero-order chi connectivity index (χ0) is 21.8. The number of thioether (sulfide) groups is 1. The van der Waals surface area contributed by atoms with Crippen LogP contribution in [-0.2, 0) is 9.59 Å². The molecule has 0 aliphatic carbocycles. The number of thiophene rings is 1. The van der Waals surface area contributed by atoms with Gasteiger partial charge in [0, 0.05) is 22.0 Å². The number of hydrogen-bond acceptors (Lipinski definition) is 5. The molecule has 0 atom stereocenters. The van der Waals surface area contributed by atoms with E-state index in [1.54, 1.807) is 16.2 Å². The molecule has 0 saturated carbocycles. The van der Waals surface area contributed by atoms with Gasteiger partial charge in [0.2, 0.25) is 5.91 Å². The van der Waals surface area contributed by atoms with Gasteiger partial charge in [-0.2, -0.15) is 0 Å². The fraction of sp³-hybridized carbons (Fsp3) is 0.348. The molecule has 158 valence electrons.